The molecule has 30 heavy (non-hydrogen) atoms. The van der Waals surface area contributed by atoms with Crippen LogP contribution in [0.25, 0.3) is 6.08 Å². The van der Waals surface area contributed by atoms with Crippen molar-refractivity contribution in [2.45, 2.75) is 33.1 Å². The molecule has 0 aliphatic carbocycles. The lowest BCUT2D eigenvalue weighted by Gasteiger charge is -2.26. The van der Waals surface area contributed by atoms with Crippen molar-refractivity contribution in [2.75, 3.05) is 22.9 Å². The van der Waals surface area contributed by atoms with Crippen LogP contribution < -0.4 is 15.1 Å². The Bertz CT molecular complexity index is 1060. The van der Waals surface area contributed by atoms with Crippen LogP contribution in [-0.4, -0.2) is 30.9 Å². The first kappa shape index (κ1) is 19.9. The molecule has 2 heterocycles. The summed E-state index contributed by atoms with van der Waals surface area (Å²) in [6, 6.07) is 12.4. The number of unbranched alkanes of at least 4 members (excludes halogenated alkanes) is 1. The fraction of sp³-hybridized carbons (Fsp3) is 0.292. The van der Waals surface area contributed by atoms with Gasteiger partial charge < -0.3 is 4.90 Å². The smallest absolute Gasteiger partial charge is 0.335 e. The Morgan fingerprint density at radius 2 is 1.93 bits per heavy atom. The van der Waals surface area contributed by atoms with Crippen LogP contribution in [0, 0.1) is 6.92 Å². The maximum absolute atomic E-state index is 13.0. The van der Waals surface area contributed by atoms with Crippen LogP contribution in [-0.2, 0) is 16.0 Å². The van der Waals surface area contributed by atoms with Crippen molar-refractivity contribution in [3.05, 3.63) is 64.7 Å². The number of carbonyl (C=O) groups is 3. The van der Waals surface area contributed by atoms with E-state index in [-0.39, 0.29) is 5.57 Å². The lowest BCUT2D eigenvalue weighted by atomic mass is 10.0. The van der Waals surface area contributed by atoms with Gasteiger partial charge in [0.25, 0.3) is 11.8 Å². The number of imide groups is 2. The number of barbiturate groups is 1. The Balaban J connectivity index is 1.63. The minimum atomic E-state index is -0.728. The first-order valence-electron chi connectivity index (χ1n) is 10.3. The molecule has 2 aromatic carbocycles. The number of urea groups is 1. The molecule has 1 saturated heterocycles. The first-order chi connectivity index (χ1) is 14.5. The van der Waals surface area contributed by atoms with Gasteiger partial charge in [-0.05, 0) is 66.8 Å². The van der Waals surface area contributed by atoms with E-state index in [1.807, 2.05) is 25.1 Å². The lowest BCUT2D eigenvalue weighted by Crippen LogP contribution is -2.54. The Hall–Kier alpha value is -3.41. The minimum Gasteiger partial charge on any atom is -0.371 e. The quantitative estimate of drug-likeness (QED) is 0.609. The van der Waals surface area contributed by atoms with Crippen molar-refractivity contribution in [3.63, 3.8) is 0 Å². The fourth-order valence-electron chi connectivity index (χ4n) is 3.99. The van der Waals surface area contributed by atoms with E-state index in [1.54, 1.807) is 24.3 Å². The largest absolute Gasteiger partial charge is 0.371 e. The van der Waals surface area contributed by atoms with Gasteiger partial charge in [0.15, 0.2) is 0 Å². The monoisotopic (exact) mass is 403 g/mol. The molecule has 1 fully saturated rings. The number of aryl methyl sites for hydroxylation is 1. The zero-order valence-electron chi connectivity index (χ0n) is 17.3. The molecule has 1 N–H and O–H groups in total. The van der Waals surface area contributed by atoms with Crippen molar-refractivity contribution in [1.29, 1.82) is 0 Å². The second kappa shape index (κ2) is 8.14. The highest BCUT2D eigenvalue weighted by molar-refractivity contribution is 6.39. The van der Waals surface area contributed by atoms with Crippen molar-refractivity contribution in [3.8, 4) is 0 Å². The van der Waals surface area contributed by atoms with E-state index in [0.29, 0.717) is 5.69 Å². The summed E-state index contributed by atoms with van der Waals surface area (Å²) < 4.78 is 0. The summed E-state index contributed by atoms with van der Waals surface area (Å²) in [6.07, 6.45) is 4.83. The number of benzene rings is 2. The number of nitrogens with zero attached hydrogens (tertiary/aromatic N) is 2. The van der Waals surface area contributed by atoms with Crippen LogP contribution >= 0.6 is 0 Å². The zero-order valence-corrected chi connectivity index (χ0v) is 17.3. The highest BCUT2D eigenvalue weighted by Crippen LogP contribution is 2.30. The predicted molar refractivity (Wildman–Crippen MR) is 117 cm³/mol. The summed E-state index contributed by atoms with van der Waals surface area (Å²) in [6.45, 7) is 6.10. The maximum Gasteiger partial charge on any atom is 0.335 e. The molecular formula is C24H25N3O3. The molecule has 4 rings (SSSR count). The van der Waals surface area contributed by atoms with Crippen molar-refractivity contribution in [1.82, 2.24) is 5.32 Å². The van der Waals surface area contributed by atoms with E-state index in [2.05, 4.69) is 23.2 Å². The molecule has 2 aliphatic heterocycles. The van der Waals surface area contributed by atoms with Gasteiger partial charge in [-0.2, -0.15) is 0 Å². The Labute approximate surface area is 176 Å². The van der Waals surface area contributed by atoms with Gasteiger partial charge in [0.1, 0.15) is 5.57 Å². The number of hydrogen-bond acceptors (Lipinski definition) is 4. The summed E-state index contributed by atoms with van der Waals surface area (Å²) in [7, 11) is 0. The third-order valence-electron chi connectivity index (χ3n) is 5.55. The van der Waals surface area contributed by atoms with E-state index < -0.39 is 17.8 Å². The molecule has 154 valence electrons. The third-order valence-corrected chi connectivity index (χ3v) is 5.55. The maximum atomic E-state index is 13.0. The second-order valence-corrected chi connectivity index (χ2v) is 7.78. The van der Waals surface area contributed by atoms with Gasteiger partial charge in [-0.25, -0.2) is 9.69 Å². The normalized spacial score (nSPS) is 17.5. The molecule has 0 atom stereocenters. The van der Waals surface area contributed by atoms with Gasteiger partial charge in [0, 0.05) is 18.8 Å². The van der Waals surface area contributed by atoms with E-state index in [9.17, 15) is 14.4 Å². The standard InChI is InChI=1S/C24H25N3O3/c1-3-4-11-26-12-10-18-14-17(8-9-21(18)26)15-20-22(28)25-24(30)27(23(20)29)19-7-5-6-16(2)13-19/h5-9,13-15H,3-4,10-12H2,1-2H3,(H,25,28,30)/b20-15-. The number of hydrogen-bond donors (Lipinski definition) is 1. The molecule has 0 spiro atoms. The Kier molecular flexibility index (Phi) is 5.40. The molecule has 0 unspecified atom stereocenters. The molecule has 0 bridgehead atoms. The lowest BCUT2D eigenvalue weighted by molar-refractivity contribution is -0.122. The number of anilines is 2. The van der Waals surface area contributed by atoms with Crippen molar-refractivity contribution >= 4 is 35.3 Å². The fourth-order valence-corrected chi connectivity index (χ4v) is 3.99. The number of amides is 4. The van der Waals surface area contributed by atoms with Crippen molar-refractivity contribution in [2.24, 2.45) is 0 Å². The van der Waals surface area contributed by atoms with Gasteiger partial charge in [0.05, 0.1) is 5.69 Å². The molecular weight excluding hydrogens is 378 g/mol. The number of carbonyl (C=O) groups excluding carboxylic acids is 3. The van der Waals surface area contributed by atoms with Crippen LogP contribution in [0.4, 0.5) is 16.2 Å². The molecule has 6 heteroatoms. The number of fused-ring (bicyclic) bond motifs is 1. The van der Waals surface area contributed by atoms with Gasteiger partial charge >= 0.3 is 6.03 Å². The van der Waals surface area contributed by atoms with Gasteiger partial charge in [-0.1, -0.05) is 31.5 Å². The highest BCUT2D eigenvalue weighted by atomic mass is 16.2. The number of rotatable bonds is 5. The highest BCUT2D eigenvalue weighted by Gasteiger charge is 2.36. The first-order valence-corrected chi connectivity index (χ1v) is 10.3. The van der Waals surface area contributed by atoms with Crippen LogP contribution in [0.3, 0.4) is 0 Å². The molecule has 2 aliphatic rings. The van der Waals surface area contributed by atoms with E-state index >= 15 is 0 Å². The topological polar surface area (TPSA) is 69.7 Å². The molecule has 0 aromatic heterocycles. The van der Waals surface area contributed by atoms with Gasteiger partial charge in [-0.3, -0.25) is 14.9 Å². The predicted octanol–water partition coefficient (Wildman–Crippen LogP) is 3.82. The van der Waals surface area contributed by atoms with Crippen LogP contribution in [0.5, 0.6) is 0 Å². The molecule has 4 amide bonds. The van der Waals surface area contributed by atoms with Crippen molar-refractivity contribution < 1.29 is 14.4 Å². The average molecular weight is 403 g/mol. The number of nitrogens with one attached hydrogen (secondary N) is 1. The molecule has 2 aromatic rings. The summed E-state index contributed by atoms with van der Waals surface area (Å²) in [5, 5.41) is 2.28. The van der Waals surface area contributed by atoms with E-state index in [4.69, 9.17) is 0 Å². The SMILES string of the molecule is CCCCN1CCc2cc(/C=C3/C(=O)NC(=O)N(c4cccc(C)c4)C3=O)ccc21. The van der Waals surface area contributed by atoms with E-state index in [1.165, 1.54) is 11.3 Å². The van der Waals surface area contributed by atoms with Crippen LogP contribution in [0.2, 0.25) is 0 Å². The Morgan fingerprint density at radius 3 is 2.70 bits per heavy atom. The molecule has 0 saturated carbocycles. The minimum absolute atomic E-state index is 0.0445. The zero-order chi connectivity index (χ0) is 21.3. The molecule has 0 radical (unpaired) electrons. The van der Waals surface area contributed by atoms with Crippen LogP contribution in [0.1, 0.15) is 36.5 Å². The third kappa shape index (κ3) is 3.73. The summed E-state index contributed by atoms with van der Waals surface area (Å²) in [4.78, 5) is 41.2. The molecule has 6 nitrogen and oxygen atoms in total. The second-order valence-electron chi connectivity index (χ2n) is 7.78. The van der Waals surface area contributed by atoms with Gasteiger partial charge in [0.2, 0.25) is 0 Å². The average Bonchev–Trinajstić information content (AvgIpc) is 3.11. The summed E-state index contributed by atoms with van der Waals surface area (Å²) in [5.74, 6) is -1.28. The summed E-state index contributed by atoms with van der Waals surface area (Å²) in [5.41, 5.74) is 4.54. The van der Waals surface area contributed by atoms with Gasteiger partial charge in [-0.15, -0.1) is 0 Å². The van der Waals surface area contributed by atoms with E-state index in [0.717, 1.165) is 48.4 Å². The van der Waals surface area contributed by atoms with Crippen LogP contribution in [0.15, 0.2) is 48.0 Å². The Morgan fingerprint density at radius 1 is 1.10 bits per heavy atom. The summed E-state index contributed by atoms with van der Waals surface area (Å²) >= 11 is 0.